The number of hydrogen-bond donors (Lipinski definition) is 0. The molecular formula is C108H64O4. The third-order valence-corrected chi connectivity index (χ3v) is 23.3. The van der Waals surface area contributed by atoms with E-state index < -0.39 is 0 Å². The molecule has 520 valence electrons. The minimum Gasteiger partial charge on any atom is -0.456 e. The molecule has 0 spiro atoms. The fraction of sp³-hybridized carbons (Fsp3) is 0. The van der Waals surface area contributed by atoms with Crippen LogP contribution in [-0.2, 0) is 0 Å². The number of benzene rings is 20. The molecule has 24 aromatic rings. The summed E-state index contributed by atoms with van der Waals surface area (Å²) in [7, 11) is 0. The van der Waals surface area contributed by atoms with Crippen molar-refractivity contribution in [2.45, 2.75) is 0 Å². The van der Waals surface area contributed by atoms with Crippen molar-refractivity contribution in [3.63, 3.8) is 0 Å². The van der Waals surface area contributed by atoms with E-state index >= 15 is 0 Å². The van der Waals surface area contributed by atoms with Crippen LogP contribution in [0.1, 0.15) is 0 Å². The standard InChI is InChI=1S/2C54H32O2/c1-2-13-33(14-3-1)36-18-8-15-34-31-35(29-30-37(34)36)52-42-21-9-19-38(40-23-11-27-50-53(40)44-16-4-6-25-48(44)55-50)46(42)32-47-39(20-10-22-43(47)52)41-24-12-28-51-54(41)45-17-5-7-26-49(45)56-51;1-2-11-33(12-3-1)38-16-8-13-34-29-37(23-26-41(34)38)54-44-19-9-17-39(35-24-27-52-48(30-35)42-14-4-6-21-50(42)55-52)46(44)32-47-40(18-10-20-45(47)54)36-25-28-53-49(31-36)43-15-5-7-22-51(43)56-53/h2*1-32H. The van der Waals surface area contributed by atoms with Gasteiger partial charge >= 0.3 is 0 Å². The molecule has 112 heavy (non-hydrogen) atoms. The Morgan fingerprint density at radius 1 is 0.125 bits per heavy atom. The summed E-state index contributed by atoms with van der Waals surface area (Å²) in [6.07, 6.45) is 0. The Hall–Kier alpha value is -14.8. The summed E-state index contributed by atoms with van der Waals surface area (Å²) in [6, 6.07) is 140. The van der Waals surface area contributed by atoms with Gasteiger partial charge in [-0.1, -0.05) is 303 Å². The van der Waals surface area contributed by atoms with E-state index in [1.165, 1.54) is 131 Å². The summed E-state index contributed by atoms with van der Waals surface area (Å²) in [5, 5.41) is 23.6. The molecular weight excluding hydrogens is 1360 g/mol. The van der Waals surface area contributed by atoms with Gasteiger partial charge in [-0.15, -0.1) is 0 Å². The average molecular weight is 1430 g/mol. The first-order valence-corrected chi connectivity index (χ1v) is 38.3. The van der Waals surface area contributed by atoms with Crippen LogP contribution in [0.2, 0.25) is 0 Å². The summed E-state index contributed by atoms with van der Waals surface area (Å²) in [5.41, 5.74) is 26.3. The molecule has 24 rings (SSSR count). The molecule has 0 aliphatic carbocycles. The van der Waals surface area contributed by atoms with Gasteiger partial charge in [0.05, 0.1) is 0 Å². The lowest BCUT2D eigenvalue weighted by molar-refractivity contribution is 0.668. The van der Waals surface area contributed by atoms with E-state index in [1.807, 2.05) is 36.4 Å². The molecule has 4 heterocycles. The number of fused-ring (bicyclic) bond motifs is 18. The Morgan fingerprint density at radius 3 is 0.830 bits per heavy atom. The van der Waals surface area contributed by atoms with Crippen LogP contribution in [0.4, 0.5) is 0 Å². The van der Waals surface area contributed by atoms with Crippen molar-refractivity contribution in [2.24, 2.45) is 0 Å². The lowest BCUT2D eigenvalue weighted by Crippen LogP contribution is -1.91. The lowest BCUT2D eigenvalue weighted by Gasteiger charge is -2.18. The van der Waals surface area contributed by atoms with Gasteiger partial charge in [-0.3, -0.25) is 0 Å². The Balaban J connectivity index is 0.000000134. The molecule has 4 nitrogen and oxygen atoms in total. The van der Waals surface area contributed by atoms with Gasteiger partial charge in [0.2, 0.25) is 0 Å². The van der Waals surface area contributed by atoms with Crippen molar-refractivity contribution in [3.05, 3.63) is 388 Å². The normalized spacial score (nSPS) is 11.9. The van der Waals surface area contributed by atoms with Crippen molar-refractivity contribution >= 4 is 152 Å². The molecule has 0 aliphatic rings. The highest BCUT2D eigenvalue weighted by atomic mass is 16.3. The van der Waals surface area contributed by atoms with E-state index in [2.05, 4.69) is 352 Å². The van der Waals surface area contributed by atoms with Crippen molar-refractivity contribution in [1.82, 2.24) is 0 Å². The molecule has 0 fully saturated rings. The first kappa shape index (κ1) is 63.3. The number of furan rings is 4. The van der Waals surface area contributed by atoms with Gasteiger partial charge < -0.3 is 17.7 Å². The number of hydrogen-bond acceptors (Lipinski definition) is 4. The third kappa shape index (κ3) is 10.1. The average Bonchev–Trinajstić information content (AvgIpc) is 1.49. The fourth-order valence-electron chi connectivity index (χ4n) is 18.3. The number of rotatable bonds is 8. The quantitative estimate of drug-likeness (QED) is 0.142. The monoisotopic (exact) mass is 1420 g/mol. The predicted molar refractivity (Wildman–Crippen MR) is 471 cm³/mol. The van der Waals surface area contributed by atoms with Crippen LogP contribution in [0.5, 0.6) is 0 Å². The van der Waals surface area contributed by atoms with E-state index in [9.17, 15) is 0 Å². The first-order chi connectivity index (χ1) is 55.5. The van der Waals surface area contributed by atoms with Crippen LogP contribution >= 0.6 is 0 Å². The van der Waals surface area contributed by atoms with E-state index in [0.717, 1.165) is 110 Å². The van der Waals surface area contributed by atoms with E-state index in [-0.39, 0.29) is 0 Å². The van der Waals surface area contributed by atoms with Gasteiger partial charge in [0.15, 0.2) is 0 Å². The van der Waals surface area contributed by atoms with Crippen molar-refractivity contribution in [1.29, 1.82) is 0 Å². The topological polar surface area (TPSA) is 52.6 Å². The SMILES string of the molecule is c1ccc(-c2cccc3cc(-c4c5cccc(-c6ccc7oc8ccccc8c7c6)c5cc5c(-c6ccc7oc8ccccc8c7c6)cccc45)ccc23)cc1.c1ccc(-c2cccc3cc(-c4c5cccc(-c6cccc7oc8ccccc8c67)c5cc5c(-c6cccc7oc8ccccc8c67)cccc45)ccc23)cc1. The zero-order chi connectivity index (χ0) is 73.5. The highest BCUT2D eigenvalue weighted by molar-refractivity contribution is 6.26. The molecule has 0 bridgehead atoms. The molecule has 4 heteroatoms. The summed E-state index contributed by atoms with van der Waals surface area (Å²) in [6.45, 7) is 0. The van der Waals surface area contributed by atoms with Gasteiger partial charge in [0, 0.05) is 43.1 Å². The van der Waals surface area contributed by atoms with Crippen LogP contribution in [-0.4, -0.2) is 0 Å². The highest BCUT2D eigenvalue weighted by Crippen LogP contribution is 2.50. The van der Waals surface area contributed by atoms with Crippen LogP contribution in [0.25, 0.3) is 241 Å². The maximum atomic E-state index is 6.41. The molecule has 0 atom stereocenters. The Kier molecular flexibility index (Phi) is 14.3. The minimum atomic E-state index is 0.893. The molecule has 0 saturated heterocycles. The van der Waals surface area contributed by atoms with Crippen molar-refractivity contribution in [2.75, 3.05) is 0 Å². The second kappa shape index (κ2) is 25.4. The maximum absolute atomic E-state index is 6.41. The van der Waals surface area contributed by atoms with Gasteiger partial charge in [-0.2, -0.15) is 0 Å². The zero-order valence-corrected chi connectivity index (χ0v) is 60.6. The number of para-hydroxylation sites is 4. The van der Waals surface area contributed by atoms with Crippen LogP contribution < -0.4 is 0 Å². The van der Waals surface area contributed by atoms with Gasteiger partial charge in [-0.25, -0.2) is 0 Å². The first-order valence-electron chi connectivity index (χ1n) is 38.3. The Morgan fingerprint density at radius 2 is 0.411 bits per heavy atom. The van der Waals surface area contributed by atoms with Crippen LogP contribution in [0.15, 0.2) is 406 Å². The molecule has 20 aromatic carbocycles. The fourth-order valence-corrected chi connectivity index (χ4v) is 18.3. The Bertz CT molecular complexity index is 7660. The van der Waals surface area contributed by atoms with Crippen molar-refractivity contribution in [3.8, 4) is 89.0 Å². The zero-order valence-electron chi connectivity index (χ0n) is 60.6. The van der Waals surface area contributed by atoms with Gasteiger partial charge in [0.25, 0.3) is 0 Å². The lowest BCUT2D eigenvalue weighted by atomic mass is 9.84. The summed E-state index contributed by atoms with van der Waals surface area (Å²) in [5.74, 6) is 0. The van der Waals surface area contributed by atoms with Crippen LogP contribution in [0.3, 0.4) is 0 Å². The Labute approximate surface area is 643 Å². The van der Waals surface area contributed by atoms with Gasteiger partial charge in [0.1, 0.15) is 44.7 Å². The van der Waals surface area contributed by atoms with Crippen molar-refractivity contribution < 1.29 is 17.7 Å². The van der Waals surface area contributed by atoms with E-state index in [0.29, 0.717) is 0 Å². The molecule has 0 radical (unpaired) electrons. The van der Waals surface area contributed by atoms with E-state index in [1.54, 1.807) is 0 Å². The molecule has 0 N–H and O–H groups in total. The third-order valence-electron chi connectivity index (χ3n) is 23.3. The van der Waals surface area contributed by atoms with E-state index in [4.69, 9.17) is 17.7 Å². The maximum Gasteiger partial charge on any atom is 0.136 e. The predicted octanol–water partition coefficient (Wildman–Crippen LogP) is 31.2. The summed E-state index contributed by atoms with van der Waals surface area (Å²) < 4.78 is 25.3. The molecule has 0 unspecified atom stereocenters. The second-order valence-electron chi connectivity index (χ2n) is 29.5. The molecule has 0 amide bonds. The largest absolute Gasteiger partial charge is 0.456 e. The van der Waals surface area contributed by atoms with Gasteiger partial charge in [-0.05, 0) is 239 Å². The highest BCUT2D eigenvalue weighted by Gasteiger charge is 2.24. The summed E-state index contributed by atoms with van der Waals surface area (Å²) in [4.78, 5) is 0. The molecule has 0 saturated carbocycles. The smallest absolute Gasteiger partial charge is 0.136 e. The molecule has 4 aromatic heterocycles. The molecule has 0 aliphatic heterocycles. The summed E-state index contributed by atoms with van der Waals surface area (Å²) >= 11 is 0. The second-order valence-corrected chi connectivity index (χ2v) is 29.5. The van der Waals surface area contributed by atoms with Crippen LogP contribution in [0, 0.1) is 0 Å². The minimum absolute atomic E-state index is 0.893.